The molecule has 0 fully saturated rings. The summed E-state index contributed by atoms with van der Waals surface area (Å²) in [6, 6.07) is 0. The number of hydrogen-bond acceptors (Lipinski definition) is 2. The van der Waals surface area contributed by atoms with Crippen LogP contribution < -0.4 is 0 Å². The first-order valence-corrected chi connectivity index (χ1v) is 8.93. The molecule has 0 spiro atoms. The van der Waals surface area contributed by atoms with Crippen molar-refractivity contribution in [2.75, 3.05) is 0 Å². The molecule has 1 rings (SSSR count). The molecule has 0 saturated carbocycles. The van der Waals surface area contributed by atoms with Gasteiger partial charge in [0.15, 0.2) is 5.78 Å². The monoisotopic (exact) mass is 318 g/mol. The Hall–Kier alpha value is -1.64. The smallest absolute Gasteiger partial charge is 0.303 e. The average molecular weight is 318 g/mol. The molecule has 0 bridgehead atoms. The molecule has 1 aliphatic rings. The van der Waals surface area contributed by atoms with Gasteiger partial charge >= 0.3 is 5.97 Å². The molecule has 0 aromatic carbocycles. The minimum absolute atomic E-state index is 0.206. The maximum Gasteiger partial charge on any atom is 0.303 e. The second-order valence-corrected chi connectivity index (χ2v) is 6.14. The van der Waals surface area contributed by atoms with Gasteiger partial charge in [-0.25, -0.2) is 0 Å². The van der Waals surface area contributed by atoms with E-state index in [0.717, 1.165) is 24.8 Å². The number of carbonyl (C=O) groups is 2. The minimum Gasteiger partial charge on any atom is -0.481 e. The lowest BCUT2D eigenvalue weighted by molar-refractivity contribution is -0.137. The number of ketones is 1. The number of carbonyl (C=O) groups excluding carboxylic acids is 1. The molecule has 3 nitrogen and oxygen atoms in total. The summed E-state index contributed by atoms with van der Waals surface area (Å²) in [6.45, 7) is 2.21. The van der Waals surface area contributed by atoms with Gasteiger partial charge in [0.1, 0.15) is 0 Å². The molecule has 0 atom stereocenters. The molecule has 0 aliphatic heterocycles. The maximum absolute atomic E-state index is 12.0. The molecule has 0 heterocycles. The zero-order valence-corrected chi connectivity index (χ0v) is 14.4. The minimum atomic E-state index is -0.751. The van der Waals surface area contributed by atoms with Crippen LogP contribution in [0.15, 0.2) is 35.5 Å². The van der Waals surface area contributed by atoms with E-state index in [-0.39, 0.29) is 12.2 Å². The van der Waals surface area contributed by atoms with Crippen molar-refractivity contribution >= 4 is 11.8 Å². The Bertz CT molecular complexity index is 469. The molecule has 23 heavy (non-hydrogen) atoms. The predicted molar refractivity (Wildman–Crippen MR) is 94.4 cm³/mol. The second-order valence-electron chi connectivity index (χ2n) is 6.14. The van der Waals surface area contributed by atoms with Gasteiger partial charge in [-0.2, -0.15) is 0 Å². The van der Waals surface area contributed by atoms with Gasteiger partial charge in [0.05, 0.1) is 0 Å². The summed E-state index contributed by atoms with van der Waals surface area (Å²) in [5.41, 5.74) is 2.14. The van der Waals surface area contributed by atoms with Gasteiger partial charge < -0.3 is 5.11 Å². The van der Waals surface area contributed by atoms with Gasteiger partial charge in [-0.05, 0) is 44.1 Å². The standard InChI is InChI=1S/C20H30O3/c1-2-3-4-5-6-9-12-17-15-16-19(21)18(17)13-10-7-8-11-14-20(22)23/h7,9-10,12H,2-6,8,11,13-16H2,1H3,(H,22,23)/b10-7-,12-9+. The van der Waals surface area contributed by atoms with Crippen LogP contribution in [0.5, 0.6) is 0 Å². The van der Waals surface area contributed by atoms with Crippen molar-refractivity contribution in [1.82, 2.24) is 0 Å². The third-order valence-corrected chi connectivity index (χ3v) is 4.14. The second kappa shape index (κ2) is 11.9. The summed E-state index contributed by atoms with van der Waals surface area (Å²) in [4.78, 5) is 22.4. The topological polar surface area (TPSA) is 54.4 Å². The first-order chi connectivity index (χ1) is 11.1. The maximum atomic E-state index is 12.0. The SMILES string of the molecule is CCCCCC/C=C/C1=C(C/C=C\CCCC(=O)O)C(=O)CC1. The van der Waals surface area contributed by atoms with Gasteiger partial charge in [0.25, 0.3) is 0 Å². The van der Waals surface area contributed by atoms with Crippen molar-refractivity contribution in [3.63, 3.8) is 0 Å². The summed E-state index contributed by atoms with van der Waals surface area (Å²) in [5.74, 6) is -0.482. The van der Waals surface area contributed by atoms with Gasteiger partial charge in [0.2, 0.25) is 0 Å². The predicted octanol–water partition coefficient (Wildman–Crippen LogP) is 5.37. The lowest BCUT2D eigenvalue weighted by atomic mass is 10.1. The largest absolute Gasteiger partial charge is 0.481 e. The molecule has 0 unspecified atom stereocenters. The molecular formula is C20H30O3. The Morgan fingerprint density at radius 2 is 1.83 bits per heavy atom. The van der Waals surface area contributed by atoms with Crippen molar-refractivity contribution in [3.8, 4) is 0 Å². The molecule has 3 heteroatoms. The summed E-state index contributed by atoms with van der Waals surface area (Å²) < 4.78 is 0. The van der Waals surface area contributed by atoms with E-state index < -0.39 is 5.97 Å². The Balaban J connectivity index is 2.38. The van der Waals surface area contributed by atoms with Crippen molar-refractivity contribution in [2.45, 2.75) is 77.6 Å². The molecule has 0 radical (unpaired) electrons. The number of carboxylic acid groups (broad SMARTS) is 1. The first-order valence-electron chi connectivity index (χ1n) is 8.93. The van der Waals surface area contributed by atoms with E-state index in [1.54, 1.807) is 0 Å². The van der Waals surface area contributed by atoms with Crippen LogP contribution in [0.25, 0.3) is 0 Å². The molecule has 128 valence electrons. The molecular weight excluding hydrogens is 288 g/mol. The van der Waals surface area contributed by atoms with Crippen molar-refractivity contribution in [1.29, 1.82) is 0 Å². The Morgan fingerprint density at radius 1 is 1.04 bits per heavy atom. The van der Waals surface area contributed by atoms with Crippen LogP contribution in [0.4, 0.5) is 0 Å². The summed E-state index contributed by atoms with van der Waals surface area (Å²) >= 11 is 0. The van der Waals surface area contributed by atoms with Crippen LogP contribution in [0.2, 0.25) is 0 Å². The summed E-state index contributed by atoms with van der Waals surface area (Å²) in [5, 5.41) is 8.58. The third-order valence-electron chi connectivity index (χ3n) is 4.14. The van der Waals surface area contributed by atoms with E-state index in [1.807, 2.05) is 12.2 Å². The fraction of sp³-hybridized carbons (Fsp3) is 0.600. The normalized spacial score (nSPS) is 15.4. The van der Waals surface area contributed by atoms with Crippen molar-refractivity contribution < 1.29 is 14.7 Å². The Labute approximate surface area is 140 Å². The first kappa shape index (κ1) is 19.4. The van der Waals surface area contributed by atoms with E-state index in [2.05, 4.69) is 19.1 Å². The Morgan fingerprint density at radius 3 is 2.57 bits per heavy atom. The number of allylic oxidation sites excluding steroid dienone is 6. The highest BCUT2D eigenvalue weighted by Crippen LogP contribution is 2.27. The summed E-state index contributed by atoms with van der Waals surface area (Å²) in [6.07, 6.45) is 18.3. The van der Waals surface area contributed by atoms with Gasteiger partial charge in [-0.1, -0.05) is 50.5 Å². The van der Waals surface area contributed by atoms with Crippen LogP contribution in [0.1, 0.15) is 77.6 Å². The molecule has 1 aliphatic carbocycles. The molecule has 0 aromatic rings. The van der Waals surface area contributed by atoms with E-state index in [9.17, 15) is 9.59 Å². The van der Waals surface area contributed by atoms with Crippen molar-refractivity contribution in [2.24, 2.45) is 0 Å². The van der Waals surface area contributed by atoms with Gasteiger partial charge in [-0.3, -0.25) is 9.59 Å². The van der Waals surface area contributed by atoms with Gasteiger partial charge in [0, 0.05) is 18.4 Å². The van der Waals surface area contributed by atoms with E-state index >= 15 is 0 Å². The van der Waals surface area contributed by atoms with Crippen molar-refractivity contribution in [3.05, 3.63) is 35.5 Å². The summed E-state index contributed by atoms with van der Waals surface area (Å²) in [7, 11) is 0. The fourth-order valence-corrected chi connectivity index (χ4v) is 2.76. The number of Topliss-reactive ketones (excluding diaryl/α,β-unsaturated/α-hetero) is 1. The van der Waals surface area contributed by atoms with Crippen LogP contribution in [0.3, 0.4) is 0 Å². The van der Waals surface area contributed by atoms with Crippen LogP contribution >= 0.6 is 0 Å². The zero-order chi connectivity index (χ0) is 16.9. The molecule has 0 amide bonds. The van der Waals surface area contributed by atoms with Crippen LogP contribution in [-0.2, 0) is 9.59 Å². The lowest BCUT2D eigenvalue weighted by Crippen LogP contribution is -1.95. The number of rotatable bonds is 12. The number of hydrogen-bond donors (Lipinski definition) is 1. The highest BCUT2D eigenvalue weighted by Gasteiger charge is 2.19. The zero-order valence-electron chi connectivity index (χ0n) is 14.4. The van der Waals surface area contributed by atoms with E-state index in [4.69, 9.17) is 5.11 Å². The van der Waals surface area contributed by atoms with E-state index in [0.29, 0.717) is 19.3 Å². The quantitative estimate of drug-likeness (QED) is 0.388. The third kappa shape index (κ3) is 8.53. The van der Waals surface area contributed by atoms with Crippen LogP contribution in [-0.4, -0.2) is 16.9 Å². The number of unbranched alkanes of at least 4 members (excludes halogenated alkanes) is 5. The van der Waals surface area contributed by atoms with Gasteiger partial charge in [-0.15, -0.1) is 0 Å². The highest BCUT2D eigenvalue weighted by atomic mass is 16.4. The fourth-order valence-electron chi connectivity index (χ4n) is 2.76. The lowest BCUT2D eigenvalue weighted by Gasteiger charge is -2.00. The number of carboxylic acids is 1. The highest BCUT2D eigenvalue weighted by molar-refractivity contribution is 5.99. The van der Waals surface area contributed by atoms with E-state index in [1.165, 1.54) is 31.3 Å². The Kier molecular flexibility index (Phi) is 10.0. The number of aliphatic carboxylic acids is 1. The average Bonchev–Trinajstić information content (AvgIpc) is 2.86. The molecule has 0 saturated heterocycles. The molecule has 1 N–H and O–H groups in total. The van der Waals surface area contributed by atoms with Crippen LogP contribution in [0, 0.1) is 0 Å². The molecule has 0 aromatic heterocycles.